The van der Waals surface area contributed by atoms with Gasteiger partial charge < -0.3 is 14.8 Å². The third-order valence-electron chi connectivity index (χ3n) is 5.65. The molecule has 0 unspecified atom stereocenters. The molecule has 1 fully saturated rings. The van der Waals surface area contributed by atoms with Gasteiger partial charge in [-0.2, -0.15) is 5.10 Å². The molecule has 1 amide bonds. The molecule has 0 spiro atoms. The minimum atomic E-state index is 0.0290. The largest absolute Gasteiger partial charge is 0.341 e. The van der Waals surface area contributed by atoms with Gasteiger partial charge in [0.25, 0.3) is 5.91 Å². The summed E-state index contributed by atoms with van der Waals surface area (Å²) in [4.78, 5) is 25.3. The van der Waals surface area contributed by atoms with Crippen LogP contribution in [0, 0.1) is 6.92 Å². The topological polar surface area (TPSA) is 70.1 Å². The quantitative estimate of drug-likeness (QED) is 0.572. The molecule has 1 N–H and O–H groups in total. The van der Waals surface area contributed by atoms with E-state index in [9.17, 15) is 4.79 Å². The lowest BCUT2D eigenvalue weighted by atomic mass is 10.2. The molecule has 4 aromatic rings. The third-order valence-corrected chi connectivity index (χ3v) is 5.65. The van der Waals surface area contributed by atoms with Gasteiger partial charge in [0, 0.05) is 32.4 Å². The van der Waals surface area contributed by atoms with E-state index in [1.807, 2.05) is 66.6 Å². The predicted molar refractivity (Wildman–Crippen MR) is 117 cm³/mol. The molecule has 0 bridgehead atoms. The molecule has 1 aliphatic heterocycles. The number of anilines is 1. The van der Waals surface area contributed by atoms with E-state index in [1.165, 1.54) is 0 Å². The Bertz CT molecular complexity index is 1160. The Hall–Kier alpha value is -3.61. The first-order chi connectivity index (χ1) is 14.7. The van der Waals surface area contributed by atoms with E-state index in [2.05, 4.69) is 15.0 Å². The maximum Gasteiger partial charge on any atom is 0.257 e. The zero-order valence-corrected chi connectivity index (χ0v) is 17.0. The first kappa shape index (κ1) is 18.4. The molecular formula is C23H24N6O. The second-order valence-electron chi connectivity index (χ2n) is 7.67. The zero-order chi connectivity index (χ0) is 20.5. The number of fused-ring (bicyclic) bond motifs is 1. The van der Waals surface area contributed by atoms with Crippen molar-refractivity contribution in [1.82, 2.24) is 24.6 Å². The number of imidazole rings is 1. The van der Waals surface area contributed by atoms with Crippen molar-refractivity contribution in [3.8, 4) is 5.69 Å². The van der Waals surface area contributed by atoms with Crippen molar-refractivity contribution in [2.75, 3.05) is 31.1 Å². The van der Waals surface area contributed by atoms with E-state index in [4.69, 9.17) is 4.98 Å². The van der Waals surface area contributed by atoms with Gasteiger partial charge in [0.15, 0.2) is 0 Å². The van der Waals surface area contributed by atoms with E-state index in [0.717, 1.165) is 54.3 Å². The molecule has 0 atom stereocenters. The summed E-state index contributed by atoms with van der Waals surface area (Å²) in [6, 6.07) is 16.1. The van der Waals surface area contributed by atoms with Crippen LogP contribution in [0.1, 0.15) is 22.3 Å². The average Bonchev–Trinajstić information content (AvgIpc) is 3.35. The average molecular weight is 400 g/mol. The van der Waals surface area contributed by atoms with Crippen LogP contribution in [0.3, 0.4) is 0 Å². The lowest BCUT2D eigenvalue weighted by Crippen LogP contribution is -2.35. The number of carbonyl (C=O) groups is 1. The van der Waals surface area contributed by atoms with E-state index in [1.54, 1.807) is 10.9 Å². The van der Waals surface area contributed by atoms with Gasteiger partial charge in [0.1, 0.15) is 0 Å². The number of aryl methyl sites for hydroxylation is 1. The Kier molecular flexibility index (Phi) is 4.71. The Labute approximate surface area is 174 Å². The van der Waals surface area contributed by atoms with Crippen LogP contribution in [0.25, 0.3) is 16.7 Å². The molecule has 1 aliphatic rings. The summed E-state index contributed by atoms with van der Waals surface area (Å²) in [6.45, 7) is 5.04. The van der Waals surface area contributed by atoms with E-state index < -0.39 is 0 Å². The van der Waals surface area contributed by atoms with Gasteiger partial charge in [-0.3, -0.25) is 4.79 Å². The lowest BCUT2D eigenvalue weighted by molar-refractivity contribution is 0.0767. The van der Waals surface area contributed by atoms with Crippen molar-refractivity contribution in [1.29, 1.82) is 0 Å². The van der Waals surface area contributed by atoms with Crippen LogP contribution in [0.5, 0.6) is 0 Å². The number of hydrogen-bond acceptors (Lipinski definition) is 4. The van der Waals surface area contributed by atoms with E-state index in [0.29, 0.717) is 12.1 Å². The molecule has 30 heavy (non-hydrogen) atoms. The smallest absolute Gasteiger partial charge is 0.257 e. The molecule has 0 radical (unpaired) electrons. The fraction of sp³-hybridized carbons (Fsp3) is 0.261. The van der Waals surface area contributed by atoms with Crippen molar-refractivity contribution in [3.05, 3.63) is 72.1 Å². The van der Waals surface area contributed by atoms with Crippen LogP contribution in [-0.4, -0.2) is 56.7 Å². The molecule has 0 saturated carbocycles. The van der Waals surface area contributed by atoms with Crippen LogP contribution in [0.4, 0.5) is 5.95 Å². The summed E-state index contributed by atoms with van der Waals surface area (Å²) in [6.07, 6.45) is 4.39. The molecule has 3 heterocycles. The number of aromatic amines is 1. The Morgan fingerprint density at radius 3 is 2.70 bits per heavy atom. The second-order valence-corrected chi connectivity index (χ2v) is 7.67. The number of hydrogen-bond donors (Lipinski definition) is 1. The molecule has 0 aliphatic carbocycles. The summed E-state index contributed by atoms with van der Waals surface area (Å²) in [5.41, 5.74) is 4.73. The standard InChI is InChI=1S/C23H24N6O/c1-17-7-2-5-10-21(17)29-16-18(15-24-29)22(30)27-11-6-12-28(14-13-27)23-25-19-8-3-4-9-20(19)26-23/h2-5,7-10,15-16H,6,11-14H2,1H3,(H,25,26). The molecule has 7 nitrogen and oxygen atoms in total. The summed E-state index contributed by atoms with van der Waals surface area (Å²) in [7, 11) is 0. The molecule has 152 valence electrons. The molecule has 2 aromatic heterocycles. The van der Waals surface area contributed by atoms with Crippen molar-refractivity contribution < 1.29 is 4.79 Å². The van der Waals surface area contributed by atoms with E-state index >= 15 is 0 Å². The summed E-state index contributed by atoms with van der Waals surface area (Å²) in [5.74, 6) is 0.902. The first-order valence-electron chi connectivity index (χ1n) is 10.3. The van der Waals surface area contributed by atoms with Gasteiger partial charge in [-0.15, -0.1) is 0 Å². The second kappa shape index (κ2) is 7.67. The fourth-order valence-corrected chi connectivity index (χ4v) is 3.99. The minimum Gasteiger partial charge on any atom is -0.341 e. The highest BCUT2D eigenvalue weighted by Crippen LogP contribution is 2.19. The van der Waals surface area contributed by atoms with Gasteiger partial charge >= 0.3 is 0 Å². The number of nitrogens with zero attached hydrogens (tertiary/aromatic N) is 5. The van der Waals surface area contributed by atoms with E-state index in [-0.39, 0.29) is 5.91 Å². The number of carbonyl (C=O) groups excluding carboxylic acids is 1. The molecular weight excluding hydrogens is 376 g/mol. The first-order valence-corrected chi connectivity index (χ1v) is 10.3. The third kappa shape index (κ3) is 3.43. The van der Waals surface area contributed by atoms with Crippen molar-refractivity contribution in [2.24, 2.45) is 0 Å². The van der Waals surface area contributed by atoms with Crippen LogP contribution in [0.2, 0.25) is 0 Å². The number of rotatable bonds is 3. The number of amides is 1. The Balaban J connectivity index is 1.30. The lowest BCUT2D eigenvalue weighted by Gasteiger charge is -2.21. The van der Waals surface area contributed by atoms with Crippen LogP contribution >= 0.6 is 0 Å². The monoisotopic (exact) mass is 400 g/mol. The summed E-state index contributed by atoms with van der Waals surface area (Å²) >= 11 is 0. The highest BCUT2D eigenvalue weighted by Gasteiger charge is 2.23. The van der Waals surface area contributed by atoms with Gasteiger partial charge in [-0.05, 0) is 37.1 Å². The Morgan fingerprint density at radius 2 is 1.83 bits per heavy atom. The predicted octanol–water partition coefficient (Wildman–Crippen LogP) is 3.41. The molecule has 5 rings (SSSR count). The van der Waals surface area contributed by atoms with Crippen molar-refractivity contribution in [2.45, 2.75) is 13.3 Å². The molecule has 1 saturated heterocycles. The minimum absolute atomic E-state index is 0.0290. The Morgan fingerprint density at radius 1 is 1.00 bits per heavy atom. The SMILES string of the molecule is Cc1ccccc1-n1cc(C(=O)N2CCCN(c3nc4ccccc4[nH]3)CC2)cn1. The zero-order valence-electron chi connectivity index (χ0n) is 17.0. The maximum atomic E-state index is 13.1. The fourth-order valence-electron chi connectivity index (χ4n) is 3.99. The molecule has 7 heteroatoms. The van der Waals surface area contributed by atoms with Crippen molar-refractivity contribution in [3.63, 3.8) is 0 Å². The van der Waals surface area contributed by atoms with Crippen LogP contribution in [0.15, 0.2) is 60.9 Å². The summed E-state index contributed by atoms with van der Waals surface area (Å²) in [5, 5.41) is 4.42. The maximum absolute atomic E-state index is 13.1. The number of benzene rings is 2. The highest BCUT2D eigenvalue weighted by atomic mass is 16.2. The normalized spacial score (nSPS) is 14.8. The number of aromatic nitrogens is 4. The summed E-state index contributed by atoms with van der Waals surface area (Å²) < 4.78 is 1.78. The van der Waals surface area contributed by atoms with Gasteiger partial charge in [0.05, 0.1) is 28.5 Å². The highest BCUT2D eigenvalue weighted by molar-refractivity contribution is 5.94. The molecule has 2 aromatic carbocycles. The number of nitrogens with one attached hydrogen (secondary N) is 1. The van der Waals surface area contributed by atoms with Crippen LogP contribution in [-0.2, 0) is 0 Å². The van der Waals surface area contributed by atoms with Crippen molar-refractivity contribution >= 4 is 22.9 Å². The van der Waals surface area contributed by atoms with Gasteiger partial charge in [-0.1, -0.05) is 30.3 Å². The van der Waals surface area contributed by atoms with Gasteiger partial charge in [0.2, 0.25) is 5.95 Å². The van der Waals surface area contributed by atoms with Crippen LogP contribution < -0.4 is 4.90 Å². The number of H-pyrrole nitrogens is 1. The van der Waals surface area contributed by atoms with Gasteiger partial charge in [-0.25, -0.2) is 9.67 Å². The number of para-hydroxylation sites is 3.